The summed E-state index contributed by atoms with van der Waals surface area (Å²) in [5, 5.41) is 12.4. The van der Waals surface area contributed by atoms with E-state index in [1.165, 1.54) is 83.5 Å². The van der Waals surface area contributed by atoms with Gasteiger partial charge in [-0.3, -0.25) is 9.69 Å². The van der Waals surface area contributed by atoms with Crippen molar-refractivity contribution in [3.8, 4) is 11.5 Å². The number of piperidine rings is 1. The lowest BCUT2D eigenvalue weighted by Crippen LogP contribution is -2.76. The van der Waals surface area contributed by atoms with Crippen LogP contribution >= 0.6 is 0 Å². The maximum absolute atomic E-state index is 13.3. The van der Waals surface area contributed by atoms with E-state index in [4.69, 9.17) is 14.2 Å². The minimum atomic E-state index is -1.02. The number of carbonyl (C=O) groups is 2. The summed E-state index contributed by atoms with van der Waals surface area (Å²) < 4.78 is 17.5. The van der Waals surface area contributed by atoms with Crippen LogP contribution in [-0.4, -0.2) is 59.4 Å². The number of Topliss-reactive ketones (excluding diaryl/α,β-unsaturated/α-hetero) is 1. The van der Waals surface area contributed by atoms with Crippen LogP contribution in [0.2, 0.25) is 0 Å². The number of unbranched alkanes of at least 4 members (excludes halogenated alkanes) is 13. The Kier molecular flexibility index (Phi) is 10.2. The van der Waals surface area contributed by atoms with Crippen molar-refractivity contribution in [1.29, 1.82) is 0 Å². The normalized spacial score (nSPS) is 28.5. The van der Waals surface area contributed by atoms with E-state index in [-0.39, 0.29) is 11.8 Å². The van der Waals surface area contributed by atoms with Gasteiger partial charge < -0.3 is 19.3 Å². The van der Waals surface area contributed by atoms with Gasteiger partial charge in [-0.1, -0.05) is 96.5 Å². The van der Waals surface area contributed by atoms with Gasteiger partial charge in [0, 0.05) is 24.6 Å². The van der Waals surface area contributed by atoms with E-state index in [0.29, 0.717) is 37.4 Å². The second-order valence-electron chi connectivity index (χ2n) is 14.5. The first kappa shape index (κ1) is 31.8. The average molecular weight is 610 g/mol. The van der Waals surface area contributed by atoms with Gasteiger partial charge in [-0.15, -0.1) is 0 Å². The molecular weight excluding hydrogens is 554 g/mol. The number of ether oxygens (including phenoxy) is 3. The number of nitrogens with zero attached hydrogens (tertiary/aromatic N) is 1. The van der Waals surface area contributed by atoms with E-state index in [0.717, 1.165) is 55.8 Å². The van der Waals surface area contributed by atoms with Crippen molar-refractivity contribution >= 4 is 11.9 Å². The Hall–Kier alpha value is -2.12. The zero-order chi connectivity index (χ0) is 30.6. The van der Waals surface area contributed by atoms with Gasteiger partial charge >= 0.3 is 6.16 Å². The molecule has 7 heteroatoms. The highest BCUT2D eigenvalue weighted by Gasteiger charge is 2.73. The van der Waals surface area contributed by atoms with Gasteiger partial charge in [-0.2, -0.15) is 0 Å². The summed E-state index contributed by atoms with van der Waals surface area (Å²) in [5.74, 6) is 1.53. The molecule has 0 amide bonds. The number of rotatable bonds is 18. The van der Waals surface area contributed by atoms with Crippen molar-refractivity contribution in [3.05, 3.63) is 23.3 Å². The zero-order valence-electron chi connectivity index (χ0n) is 27.1. The fraction of sp³-hybridized carbons (Fsp3) is 0.784. The molecule has 7 nitrogen and oxygen atoms in total. The Bertz CT molecular complexity index is 1160. The molecule has 44 heavy (non-hydrogen) atoms. The van der Waals surface area contributed by atoms with Crippen LogP contribution in [0, 0.1) is 5.92 Å². The fourth-order valence-electron chi connectivity index (χ4n) is 8.90. The largest absolute Gasteiger partial charge is 0.513 e. The van der Waals surface area contributed by atoms with Crippen LogP contribution in [0.15, 0.2) is 12.1 Å². The van der Waals surface area contributed by atoms with Crippen LogP contribution in [-0.2, 0) is 21.4 Å². The van der Waals surface area contributed by atoms with Crippen molar-refractivity contribution in [3.63, 3.8) is 0 Å². The number of carbonyl (C=O) groups excluding carboxylic acids is 2. The highest BCUT2D eigenvalue weighted by Crippen LogP contribution is 2.65. The first-order chi connectivity index (χ1) is 21.5. The Morgan fingerprint density at radius 1 is 0.955 bits per heavy atom. The number of benzene rings is 1. The SMILES string of the molecule is CCCCCCCCCCCCCCCCOC(=O)Oc1ccc2c3c1OC1C(=O)CCC4(O)C(C2)N(CC2CC2)CCC314. The van der Waals surface area contributed by atoms with Crippen LogP contribution in [0.1, 0.15) is 140 Å². The quantitative estimate of drug-likeness (QED) is 0.103. The molecule has 1 saturated heterocycles. The predicted octanol–water partition coefficient (Wildman–Crippen LogP) is 7.82. The molecule has 2 saturated carbocycles. The zero-order valence-corrected chi connectivity index (χ0v) is 27.1. The summed E-state index contributed by atoms with van der Waals surface area (Å²) in [5.41, 5.74) is 0.213. The molecule has 5 aliphatic rings. The highest BCUT2D eigenvalue weighted by atomic mass is 16.7. The molecule has 2 aliphatic heterocycles. The van der Waals surface area contributed by atoms with Gasteiger partial charge in [0.15, 0.2) is 23.4 Å². The fourth-order valence-corrected chi connectivity index (χ4v) is 8.90. The molecule has 1 spiro atoms. The summed E-state index contributed by atoms with van der Waals surface area (Å²) in [6.45, 7) is 4.48. The lowest BCUT2D eigenvalue weighted by atomic mass is 9.49. The Morgan fingerprint density at radius 3 is 2.27 bits per heavy atom. The second-order valence-corrected chi connectivity index (χ2v) is 14.5. The third kappa shape index (κ3) is 6.29. The Balaban J connectivity index is 0.959. The molecule has 0 radical (unpaired) electrons. The second kappa shape index (κ2) is 14.1. The summed E-state index contributed by atoms with van der Waals surface area (Å²) in [6, 6.07) is 3.77. The molecule has 6 rings (SSSR count). The summed E-state index contributed by atoms with van der Waals surface area (Å²) >= 11 is 0. The lowest BCUT2D eigenvalue weighted by Gasteiger charge is -2.62. The molecule has 1 aromatic carbocycles. The van der Waals surface area contributed by atoms with Crippen LogP contribution in [0.5, 0.6) is 11.5 Å². The van der Waals surface area contributed by atoms with E-state index in [2.05, 4.69) is 11.8 Å². The lowest BCUT2D eigenvalue weighted by molar-refractivity contribution is -0.188. The third-order valence-electron chi connectivity index (χ3n) is 11.5. The summed E-state index contributed by atoms with van der Waals surface area (Å²) in [4.78, 5) is 28.4. The molecule has 2 bridgehead atoms. The number of likely N-dealkylation sites (tertiary alicyclic amines) is 1. The molecule has 3 aliphatic carbocycles. The van der Waals surface area contributed by atoms with Gasteiger partial charge in [0.05, 0.1) is 17.6 Å². The average Bonchev–Trinajstić information content (AvgIpc) is 3.76. The molecular formula is C37H55NO6. The van der Waals surface area contributed by atoms with Crippen molar-refractivity contribution in [2.75, 3.05) is 19.7 Å². The minimum Gasteiger partial charge on any atom is -0.477 e. The van der Waals surface area contributed by atoms with Crippen molar-refractivity contribution in [1.82, 2.24) is 4.90 Å². The molecule has 4 unspecified atom stereocenters. The van der Waals surface area contributed by atoms with Crippen LogP contribution < -0.4 is 9.47 Å². The maximum atomic E-state index is 13.3. The predicted molar refractivity (Wildman–Crippen MR) is 170 cm³/mol. The van der Waals surface area contributed by atoms with E-state index in [1.54, 1.807) is 6.07 Å². The van der Waals surface area contributed by atoms with E-state index in [9.17, 15) is 14.7 Å². The van der Waals surface area contributed by atoms with Gasteiger partial charge in [-0.05, 0) is 62.6 Å². The van der Waals surface area contributed by atoms with Gasteiger partial charge in [0.1, 0.15) is 0 Å². The van der Waals surface area contributed by atoms with Crippen molar-refractivity contribution in [2.24, 2.45) is 5.92 Å². The van der Waals surface area contributed by atoms with Gasteiger partial charge in [-0.25, -0.2) is 4.79 Å². The van der Waals surface area contributed by atoms with E-state index >= 15 is 0 Å². The molecule has 4 atom stereocenters. The molecule has 0 aromatic heterocycles. The van der Waals surface area contributed by atoms with Crippen LogP contribution in [0.4, 0.5) is 4.79 Å². The standard InChI is InChI=1S/C37H55NO6/c1-2-3-4-5-6-7-8-9-10-11-12-13-14-15-24-42-35(40)43-30-19-18-28-25-31-37(41)21-20-29(39)34-36(37,32(28)33(30)44-34)22-23-38(31)26-27-16-17-27/h18-19,27,31,34,41H,2-17,20-26H2,1H3. The maximum Gasteiger partial charge on any atom is 0.513 e. The van der Waals surface area contributed by atoms with Gasteiger partial charge in [0.25, 0.3) is 0 Å². The molecule has 244 valence electrons. The smallest absolute Gasteiger partial charge is 0.477 e. The van der Waals surface area contributed by atoms with Gasteiger partial charge in [0.2, 0.25) is 0 Å². The molecule has 3 fully saturated rings. The number of hydrogen-bond acceptors (Lipinski definition) is 7. The highest BCUT2D eigenvalue weighted by molar-refractivity contribution is 5.90. The first-order valence-corrected chi connectivity index (χ1v) is 18.1. The summed E-state index contributed by atoms with van der Waals surface area (Å²) in [7, 11) is 0. The Morgan fingerprint density at radius 2 is 1.61 bits per heavy atom. The molecule has 1 aromatic rings. The molecule has 2 heterocycles. The topological polar surface area (TPSA) is 85.3 Å². The van der Waals surface area contributed by atoms with E-state index < -0.39 is 23.3 Å². The first-order valence-electron chi connectivity index (χ1n) is 18.1. The van der Waals surface area contributed by atoms with E-state index in [1.807, 2.05) is 6.07 Å². The minimum absolute atomic E-state index is 0.0173. The number of aliphatic hydroxyl groups is 1. The Labute approximate surface area is 264 Å². The van der Waals surface area contributed by atoms with Crippen molar-refractivity contribution < 1.29 is 28.9 Å². The summed E-state index contributed by atoms with van der Waals surface area (Å²) in [6.07, 6.45) is 21.2. The number of ketones is 1. The van der Waals surface area contributed by atoms with Crippen molar-refractivity contribution in [2.45, 2.75) is 159 Å². The molecule has 1 N–H and O–H groups in total. The van der Waals surface area contributed by atoms with Crippen LogP contribution in [0.3, 0.4) is 0 Å². The third-order valence-corrected chi connectivity index (χ3v) is 11.5. The monoisotopic (exact) mass is 609 g/mol. The number of hydrogen-bond donors (Lipinski definition) is 1. The van der Waals surface area contributed by atoms with Crippen LogP contribution in [0.25, 0.3) is 0 Å².